The number of nitrogens with one attached hydrogen (secondary N) is 2. The van der Waals surface area contributed by atoms with Gasteiger partial charge in [0.1, 0.15) is 11.5 Å². The predicted octanol–water partition coefficient (Wildman–Crippen LogP) is 3.78. The molecule has 0 saturated heterocycles. The van der Waals surface area contributed by atoms with E-state index >= 15 is 0 Å². The van der Waals surface area contributed by atoms with Gasteiger partial charge in [-0.3, -0.25) is 14.9 Å². The third-order valence-corrected chi connectivity index (χ3v) is 5.01. The zero-order valence-electron chi connectivity index (χ0n) is 18.0. The molecule has 1 aromatic heterocycles. The molecule has 0 radical (unpaired) electrons. The van der Waals surface area contributed by atoms with E-state index in [1.165, 1.54) is 37.4 Å². The molecule has 2 aromatic carbocycles. The van der Waals surface area contributed by atoms with Crippen LogP contribution in [0.5, 0.6) is 0 Å². The standard InChI is InChI=1S/C22H24FN5O4/c1-14(19-13-25-27(15(19)2)18-7-5-17(23)6-8-18)26-22(29)16-4-9-20(24-10-11-32-3)21(12-16)28(30)31/h4-9,12-14,24H,10-11H2,1-3H3,(H,26,29)/t14-/m1/s1. The van der Waals surface area contributed by atoms with Crippen LogP contribution in [0.15, 0.2) is 48.7 Å². The summed E-state index contributed by atoms with van der Waals surface area (Å²) in [7, 11) is 1.54. The van der Waals surface area contributed by atoms with Crippen molar-refractivity contribution in [3.8, 4) is 5.69 Å². The van der Waals surface area contributed by atoms with Crippen LogP contribution in [0.4, 0.5) is 15.8 Å². The number of ether oxygens (including phenoxy) is 1. The number of carbonyl (C=O) groups excluding carboxylic acids is 1. The second kappa shape index (κ2) is 10.0. The van der Waals surface area contributed by atoms with E-state index in [1.54, 1.807) is 29.9 Å². The van der Waals surface area contributed by atoms with Gasteiger partial charge in [-0.15, -0.1) is 0 Å². The van der Waals surface area contributed by atoms with Crippen molar-refractivity contribution in [1.29, 1.82) is 0 Å². The first-order chi connectivity index (χ1) is 15.3. The lowest BCUT2D eigenvalue weighted by Crippen LogP contribution is -2.27. The minimum atomic E-state index is -0.535. The molecule has 10 heteroatoms. The van der Waals surface area contributed by atoms with Gasteiger partial charge in [0.15, 0.2) is 0 Å². The number of amides is 1. The fraction of sp³-hybridized carbons (Fsp3) is 0.273. The molecule has 1 amide bonds. The van der Waals surface area contributed by atoms with E-state index in [4.69, 9.17) is 4.74 Å². The average molecular weight is 441 g/mol. The van der Waals surface area contributed by atoms with Crippen LogP contribution in [0.25, 0.3) is 5.69 Å². The Morgan fingerprint density at radius 3 is 2.66 bits per heavy atom. The Hall–Kier alpha value is -3.79. The Bertz CT molecular complexity index is 1110. The van der Waals surface area contributed by atoms with Crippen molar-refractivity contribution < 1.29 is 18.8 Å². The SMILES string of the molecule is COCCNc1ccc(C(=O)N[C@H](C)c2cnn(-c3ccc(F)cc3)c2C)cc1[N+](=O)[O-]. The number of hydrogen-bond donors (Lipinski definition) is 2. The molecule has 3 aromatic rings. The second-order valence-corrected chi connectivity index (χ2v) is 7.18. The Kier molecular flexibility index (Phi) is 7.16. The van der Waals surface area contributed by atoms with Crippen LogP contribution in [0.3, 0.4) is 0 Å². The van der Waals surface area contributed by atoms with Crippen LogP contribution < -0.4 is 10.6 Å². The van der Waals surface area contributed by atoms with Crippen LogP contribution in [-0.2, 0) is 4.74 Å². The molecule has 3 rings (SSSR count). The first kappa shape index (κ1) is 22.9. The largest absolute Gasteiger partial charge is 0.383 e. The van der Waals surface area contributed by atoms with Gasteiger partial charge in [0.25, 0.3) is 11.6 Å². The van der Waals surface area contributed by atoms with E-state index in [0.717, 1.165) is 11.3 Å². The van der Waals surface area contributed by atoms with E-state index in [9.17, 15) is 19.3 Å². The summed E-state index contributed by atoms with van der Waals surface area (Å²) < 4.78 is 19.8. The van der Waals surface area contributed by atoms with Gasteiger partial charge in [-0.1, -0.05) is 0 Å². The van der Waals surface area contributed by atoms with Gasteiger partial charge < -0.3 is 15.4 Å². The van der Waals surface area contributed by atoms with Gasteiger partial charge in [0, 0.05) is 36.5 Å². The number of nitro benzene ring substituents is 1. The van der Waals surface area contributed by atoms with Crippen molar-refractivity contribution in [2.75, 3.05) is 25.6 Å². The van der Waals surface area contributed by atoms with Crippen molar-refractivity contribution in [1.82, 2.24) is 15.1 Å². The molecule has 1 atom stereocenters. The van der Waals surface area contributed by atoms with E-state index in [0.29, 0.717) is 24.5 Å². The highest BCUT2D eigenvalue weighted by Crippen LogP contribution is 2.26. The third-order valence-electron chi connectivity index (χ3n) is 5.01. The molecule has 0 aliphatic carbocycles. The highest BCUT2D eigenvalue weighted by atomic mass is 19.1. The predicted molar refractivity (Wildman–Crippen MR) is 118 cm³/mol. The van der Waals surface area contributed by atoms with Gasteiger partial charge in [0.2, 0.25) is 0 Å². The van der Waals surface area contributed by atoms with Gasteiger partial charge in [0.05, 0.1) is 29.5 Å². The van der Waals surface area contributed by atoms with Crippen LogP contribution >= 0.6 is 0 Å². The molecule has 0 bridgehead atoms. The Balaban J connectivity index is 1.76. The number of halogens is 1. The second-order valence-electron chi connectivity index (χ2n) is 7.18. The molecule has 0 aliphatic rings. The minimum Gasteiger partial charge on any atom is -0.383 e. The highest BCUT2D eigenvalue weighted by Gasteiger charge is 2.21. The quantitative estimate of drug-likeness (QED) is 0.297. The summed E-state index contributed by atoms with van der Waals surface area (Å²) >= 11 is 0. The van der Waals surface area contributed by atoms with Gasteiger partial charge in [-0.25, -0.2) is 9.07 Å². The molecule has 1 heterocycles. The van der Waals surface area contributed by atoms with E-state index < -0.39 is 16.9 Å². The summed E-state index contributed by atoms with van der Waals surface area (Å²) in [4.78, 5) is 23.7. The number of benzene rings is 2. The number of methoxy groups -OCH3 is 1. The number of nitrogens with zero attached hydrogens (tertiary/aromatic N) is 3. The highest BCUT2D eigenvalue weighted by molar-refractivity contribution is 5.96. The fourth-order valence-corrected chi connectivity index (χ4v) is 3.31. The topological polar surface area (TPSA) is 111 Å². The molecular weight excluding hydrogens is 417 g/mol. The maximum absolute atomic E-state index is 13.2. The number of anilines is 1. The smallest absolute Gasteiger partial charge is 0.293 e. The van der Waals surface area contributed by atoms with Crippen LogP contribution in [0.1, 0.15) is 34.6 Å². The number of carbonyl (C=O) groups is 1. The van der Waals surface area contributed by atoms with Crippen LogP contribution in [0.2, 0.25) is 0 Å². The molecule has 0 unspecified atom stereocenters. The van der Waals surface area contributed by atoms with E-state index in [2.05, 4.69) is 15.7 Å². The Morgan fingerprint density at radius 2 is 2.00 bits per heavy atom. The molecule has 0 spiro atoms. The van der Waals surface area contributed by atoms with Crippen molar-refractivity contribution in [2.24, 2.45) is 0 Å². The lowest BCUT2D eigenvalue weighted by Gasteiger charge is -2.15. The summed E-state index contributed by atoms with van der Waals surface area (Å²) in [6, 6.07) is 9.79. The molecule has 32 heavy (non-hydrogen) atoms. The molecule has 0 fully saturated rings. The number of rotatable bonds is 9. The van der Waals surface area contributed by atoms with Crippen LogP contribution in [0, 0.1) is 22.9 Å². The van der Waals surface area contributed by atoms with Crippen molar-refractivity contribution in [2.45, 2.75) is 19.9 Å². The molecule has 0 aliphatic heterocycles. The number of aromatic nitrogens is 2. The normalized spacial score (nSPS) is 11.8. The van der Waals surface area contributed by atoms with Crippen LogP contribution in [-0.4, -0.2) is 40.9 Å². The number of nitro groups is 1. The molecule has 2 N–H and O–H groups in total. The summed E-state index contributed by atoms with van der Waals surface area (Å²) in [6.45, 7) is 4.44. The Morgan fingerprint density at radius 1 is 1.28 bits per heavy atom. The monoisotopic (exact) mass is 441 g/mol. The van der Waals surface area contributed by atoms with Gasteiger partial charge in [-0.05, 0) is 50.2 Å². The Labute approximate surface area is 184 Å². The third kappa shape index (κ3) is 5.09. The zero-order valence-corrected chi connectivity index (χ0v) is 18.0. The molecule has 0 saturated carbocycles. The molecule has 168 valence electrons. The first-order valence-electron chi connectivity index (χ1n) is 9.94. The maximum Gasteiger partial charge on any atom is 0.293 e. The zero-order chi connectivity index (χ0) is 23.3. The average Bonchev–Trinajstić information content (AvgIpc) is 3.15. The molecule has 9 nitrogen and oxygen atoms in total. The maximum atomic E-state index is 13.2. The molecular formula is C22H24FN5O4. The van der Waals surface area contributed by atoms with Gasteiger partial charge in [-0.2, -0.15) is 5.10 Å². The summed E-state index contributed by atoms with van der Waals surface area (Å²) in [5.41, 5.74) is 2.54. The van der Waals surface area contributed by atoms with Crippen molar-refractivity contribution in [3.05, 3.63) is 81.4 Å². The van der Waals surface area contributed by atoms with E-state index in [-0.39, 0.29) is 17.1 Å². The summed E-state index contributed by atoms with van der Waals surface area (Å²) in [5, 5.41) is 21.6. The fourth-order valence-electron chi connectivity index (χ4n) is 3.31. The number of hydrogen-bond acceptors (Lipinski definition) is 6. The van der Waals surface area contributed by atoms with Crippen molar-refractivity contribution in [3.63, 3.8) is 0 Å². The summed E-state index contributed by atoms with van der Waals surface area (Å²) in [5.74, 6) is -0.786. The summed E-state index contributed by atoms with van der Waals surface area (Å²) in [6.07, 6.45) is 1.63. The lowest BCUT2D eigenvalue weighted by atomic mass is 10.1. The first-order valence-corrected chi connectivity index (χ1v) is 9.94. The van der Waals surface area contributed by atoms with Gasteiger partial charge >= 0.3 is 0 Å². The minimum absolute atomic E-state index is 0.171. The van der Waals surface area contributed by atoms with Crippen molar-refractivity contribution >= 4 is 17.3 Å². The van der Waals surface area contributed by atoms with E-state index in [1.807, 2.05) is 6.92 Å². The lowest BCUT2D eigenvalue weighted by molar-refractivity contribution is -0.384.